The Balaban J connectivity index is 2.30. The predicted molar refractivity (Wildman–Crippen MR) is 65.9 cm³/mol. The van der Waals surface area contributed by atoms with Crippen molar-refractivity contribution in [2.45, 2.75) is 32.2 Å². The first-order valence-electron chi connectivity index (χ1n) is 5.79. The fraction of sp³-hybridized carbons (Fsp3) is 0.583. The van der Waals surface area contributed by atoms with Gasteiger partial charge in [-0.05, 0) is 32.3 Å². The topological polar surface area (TPSA) is 51.4 Å². The summed E-state index contributed by atoms with van der Waals surface area (Å²) in [4.78, 5) is 6.72. The van der Waals surface area contributed by atoms with Gasteiger partial charge < -0.3 is 15.4 Å². The van der Waals surface area contributed by atoms with E-state index in [9.17, 15) is 0 Å². The third-order valence-corrected chi connectivity index (χ3v) is 3.16. The number of ether oxygens (including phenoxy) is 1. The molecule has 2 heterocycles. The Morgan fingerprint density at radius 3 is 2.94 bits per heavy atom. The fourth-order valence-corrected chi connectivity index (χ4v) is 2.20. The van der Waals surface area contributed by atoms with E-state index in [1.807, 2.05) is 6.07 Å². The molecule has 1 aliphatic heterocycles. The molecule has 0 radical (unpaired) electrons. The quantitative estimate of drug-likeness (QED) is 0.830. The van der Waals surface area contributed by atoms with E-state index >= 15 is 0 Å². The van der Waals surface area contributed by atoms with Crippen molar-refractivity contribution >= 4 is 11.5 Å². The minimum atomic E-state index is 0.510. The smallest absolute Gasteiger partial charge is 0.215 e. The molecule has 0 bridgehead atoms. The van der Waals surface area contributed by atoms with Crippen molar-refractivity contribution in [3.05, 3.63) is 12.1 Å². The zero-order valence-corrected chi connectivity index (χ0v) is 9.94. The van der Waals surface area contributed by atoms with E-state index in [1.54, 1.807) is 13.2 Å². The number of nitrogens with zero attached hydrogens (tertiary/aromatic N) is 2. The van der Waals surface area contributed by atoms with Crippen molar-refractivity contribution in [3.63, 3.8) is 0 Å². The molecule has 88 valence electrons. The fourth-order valence-electron chi connectivity index (χ4n) is 2.20. The van der Waals surface area contributed by atoms with Crippen LogP contribution in [0, 0.1) is 0 Å². The van der Waals surface area contributed by atoms with Gasteiger partial charge in [-0.1, -0.05) is 0 Å². The molecule has 1 aromatic rings. The predicted octanol–water partition coefficient (Wildman–Crippen LogP) is 2.05. The molecule has 1 unspecified atom stereocenters. The van der Waals surface area contributed by atoms with Crippen molar-refractivity contribution in [1.82, 2.24) is 4.98 Å². The third kappa shape index (κ3) is 2.05. The third-order valence-electron chi connectivity index (χ3n) is 3.16. The highest BCUT2D eigenvalue weighted by Gasteiger charge is 2.21. The number of methoxy groups -OCH3 is 1. The molecular formula is C12H19N3O. The minimum Gasteiger partial charge on any atom is -0.481 e. The van der Waals surface area contributed by atoms with Gasteiger partial charge in [-0.3, -0.25) is 0 Å². The van der Waals surface area contributed by atoms with Crippen LogP contribution in [0.3, 0.4) is 0 Å². The van der Waals surface area contributed by atoms with Gasteiger partial charge >= 0.3 is 0 Å². The molecule has 0 saturated carbocycles. The Morgan fingerprint density at radius 1 is 1.44 bits per heavy atom. The molecule has 0 aliphatic carbocycles. The van der Waals surface area contributed by atoms with Gasteiger partial charge in [0, 0.05) is 18.7 Å². The highest BCUT2D eigenvalue weighted by atomic mass is 16.5. The van der Waals surface area contributed by atoms with E-state index in [0.29, 0.717) is 11.9 Å². The molecule has 1 atom stereocenters. The number of aromatic nitrogens is 1. The summed E-state index contributed by atoms with van der Waals surface area (Å²) in [7, 11) is 1.63. The van der Waals surface area contributed by atoms with Crippen LogP contribution in [0.5, 0.6) is 5.88 Å². The van der Waals surface area contributed by atoms with Gasteiger partial charge in [0.25, 0.3) is 0 Å². The number of pyridine rings is 1. The number of piperidine rings is 1. The van der Waals surface area contributed by atoms with Crippen LogP contribution >= 0.6 is 0 Å². The lowest BCUT2D eigenvalue weighted by Gasteiger charge is -2.35. The van der Waals surface area contributed by atoms with Crippen LogP contribution in [0.2, 0.25) is 0 Å². The lowest BCUT2D eigenvalue weighted by molar-refractivity contribution is 0.396. The second kappa shape index (κ2) is 4.60. The average molecular weight is 221 g/mol. The maximum Gasteiger partial charge on any atom is 0.215 e. The molecule has 2 N–H and O–H groups in total. The highest BCUT2D eigenvalue weighted by molar-refractivity contribution is 5.64. The molecular weight excluding hydrogens is 202 g/mol. The maximum absolute atomic E-state index is 5.98. The van der Waals surface area contributed by atoms with Crippen molar-refractivity contribution < 1.29 is 4.74 Å². The van der Waals surface area contributed by atoms with Crippen molar-refractivity contribution in [3.8, 4) is 5.88 Å². The van der Waals surface area contributed by atoms with E-state index in [0.717, 1.165) is 18.1 Å². The van der Waals surface area contributed by atoms with Crippen LogP contribution in [0.25, 0.3) is 0 Å². The Labute approximate surface area is 96.4 Å². The Morgan fingerprint density at radius 2 is 2.25 bits per heavy atom. The summed E-state index contributed by atoms with van der Waals surface area (Å²) in [5, 5.41) is 0. The van der Waals surface area contributed by atoms with E-state index in [-0.39, 0.29) is 0 Å². The minimum absolute atomic E-state index is 0.510. The highest BCUT2D eigenvalue weighted by Crippen LogP contribution is 2.29. The number of anilines is 2. The molecule has 1 aliphatic rings. The summed E-state index contributed by atoms with van der Waals surface area (Å²) >= 11 is 0. The molecule has 4 nitrogen and oxygen atoms in total. The lowest BCUT2D eigenvalue weighted by atomic mass is 10.0. The molecule has 1 aromatic heterocycles. The van der Waals surface area contributed by atoms with Gasteiger partial charge in [-0.15, -0.1) is 0 Å². The molecule has 0 spiro atoms. The second-order valence-electron chi connectivity index (χ2n) is 4.30. The summed E-state index contributed by atoms with van der Waals surface area (Å²) in [5.74, 6) is 1.49. The second-order valence-corrected chi connectivity index (χ2v) is 4.30. The van der Waals surface area contributed by atoms with Gasteiger partial charge in [-0.25, -0.2) is 0 Å². The standard InChI is InChI=1S/C12H19N3O/c1-9-5-3-4-8-15(9)12-10(13)6-7-11(14-12)16-2/h6-7,9H,3-5,8,13H2,1-2H3. The van der Waals surface area contributed by atoms with E-state index in [1.165, 1.54) is 19.3 Å². The van der Waals surface area contributed by atoms with Gasteiger partial charge in [0.1, 0.15) is 0 Å². The number of hydrogen-bond acceptors (Lipinski definition) is 4. The molecule has 1 saturated heterocycles. The number of nitrogen functional groups attached to an aromatic ring is 1. The van der Waals surface area contributed by atoms with Crippen LogP contribution in [0.15, 0.2) is 12.1 Å². The number of hydrogen-bond donors (Lipinski definition) is 1. The van der Waals surface area contributed by atoms with Gasteiger partial charge in [-0.2, -0.15) is 4.98 Å². The lowest BCUT2D eigenvalue weighted by Crippen LogP contribution is -2.38. The van der Waals surface area contributed by atoms with E-state index < -0.39 is 0 Å². The molecule has 4 heteroatoms. The summed E-state index contributed by atoms with van der Waals surface area (Å²) in [5.41, 5.74) is 6.71. The van der Waals surface area contributed by atoms with Crippen LogP contribution < -0.4 is 15.4 Å². The van der Waals surface area contributed by atoms with Crippen LogP contribution in [-0.2, 0) is 0 Å². The maximum atomic E-state index is 5.98. The van der Waals surface area contributed by atoms with Crippen LogP contribution in [0.1, 0.15) is 26.2 Å². The molecule has 1 fully saturated rings. The first-order chi connectivity index (χ1) is 7.72. The normalized spacial score (nSPS) is 20.9. The summed E-state index contributed by atoms with van der Waals surface area (Å²) < 4.78 is 5.14. The first-order valence-corrected chi connectivity index (χ1v) is 5.79. The Bertz CT molecular complexity index is 367. The largest absolute Gasteiger partial charge is 0.481 e. The van der Waals surface area contributed by atoms with Gasteiger partial charge in [0.05, 0.1) is 12.8 Å². The van der Waals surface area contributed by atoms with Crippen molar-refractivity contribution in [2.75, 3.05) is 24.3 Å². The molecule has 16 heavy (non-hydrogen) atoms. The molecule has 0 amide bonds. The van der Waals surface area contributed by atoms with Crippen LogP contribution in [0.4, 0.5) is 11.5 Å². The average Bonchev–Trinajstić information content (AvgIpc) is 2.31. The zero-order chi connectivity index (χ0) is 11.5. The zero-order valence-electron chi connectivity index (χ0n) is 9.94. The molecule has 2 rings (SSSR count). The van der Waals surface area contributed by atoms with Crippen molar-refractivity contribution in [2.24, 2.45) is 0 Å². The van der Waals surface area contributed by atoms with Gasteiger partial charge in [0.15, 0.2) is 5.82 Å². The Hall–Kier alpha value is -1.45. The molecule has 0 aromatic carbocycles. The first kappa shape index (κ1) is 11.0. The summed E-state index contributed by atoms with van der Waals surface area (Å²) in [6.07, 6.45) is 3.71. The van der Waals surface area contributed by atoms with Crippen LogP contribution in [-0.4, -0.2) is 24.7 Å². The SMILES string of the molecule is COc1ccc(N)c(N2CCCCC2C)n1. The Kier molecular flexibility index (Phi) is 3.17. The summed E-state index contributed by atoms with van der Waals surface area (Å²) in [6, 6.07) is 4.17. The van der Waals surface area contributed by atoms with E-state index in [4.69, 9.17) is 10.5 Å². The number of nitrogens with two attached hydrogens (primary N) is 1. The van der Waals surface area contributed by atoms with Gasteiger partial charge in [0.2, 0.25) is 5.88 Å². The monoisotopic (exact) mass is 221 g/mol. The number of rotatable bonds is 2. The van der Waals surface area contributed by atoms with E-state index in [2.05, 4.69) is 16.8 Å². The van der Waals surface area contributed by atoms with Crippen molar-refractivity contribution in [1.29, 1.82) is 0 Å². The summed E-state index contributed by atoms with van der Waals surface area (Å²) in [6.45, 7) is 3.26.